The lowest BCUT2D eigenvalue weighted by Crippen LogP contribution is -2.50. The van der Waals surface area contributed by atoms with Crippen molar-refractivity contribution in [2.75, 3.05) is 13.2 Å². The van der Waals surface area contributed by atoms with E-state index in [9.17, 15) is 10.2 Å². The van der Waals surface area contributed by atoms with E-state index in [0.717, 1.165) is 0 Å². The highest BCUT2D eigenvalue weighted by Crippen LogP contribution is 2.15. The first-order valence-electron chi connectivity index (χ1n) is 6.62. The Kier molecular flexibility index (Phi) is 5.79. The molecule has 0 heterocycles. The molecule has 102 valence electrons. The summed E-state index contributed by atoms with van der Waals surface area (Å²) >= 11 is 0. The van der Waals surface area contributed by atoms with Crippen LogP contribution in [0.3, 0.4) is 0 Å². The fourth-order valence-electron chi connectivity index (χ4n) is 1.82. The number of benzene rings is 1. The quantitative estimate of drug-likeness (QED) is 0.695. The molecule has 0 fully saturated rings. The number of aliphatic hydroxyl groups excluding tert-OH is 2. The van der Waals surface area contributed by atoms with Gasteiger partial charge in [-0.2, -0.15) is 0 Å². The van der Waals surface area contributed by atoms with Gasteiger partial charge < -0.3 is 15.5 Å². The van der Waals surface area contributed by atoms with Gasteiger partial charge in [-0.3, -0.25) is 0 Å². The van der Waals surface area contributed by atoms with E-state index in [-0.39, 0.29) is 13.2 Å². The zero-order valence-electron chi connectivity index (χ0n) is 11.6. The Balaban J connectivity index is 2.62. The molecule has 1 aromatic rings. The number of hydrogen-bond donors (Lipinski definition) is 3. The lowest BCUT2D eigenvalue weighted by molar-refractivity contribution is 0.0864. The molecule has 0 bridgehead atoms. The first kappa shape index (κ1) is 15.2. The number of nitrogens with one attached hydrogen (secondary N) is 1. The van der Waals surface area contributed by atoms with Crippen LogP contribution in [0.15, 0.2) is 24.3 Å². The fourth-order valence-corrected chi connectivity index (χ4v) is 1.82. The molecule has 0 aliphatic heterocycles. The molecular weight excluding hydrogens is 226 g/mol. The van der Waals surface area contributed by atoms with Gasteiger partial charge in [-0.15, -0.1) is 0 Å². The highest BCUT2D eigenvalue weighted by atomic mass is 16.3. The van der Waals surface area contributed by atoms with Gasteiger partial charge in [0.1, 0.15) is 0 Å². The minimum absolute atomic E-state index is 0.0515. The molecule has 0 unspecified atom stereocenters. The Bertz CT molecular complexity index is 334. The summed E-state index contributed by atoms with van der Waals surface area (Å²) in [6, 6.07) is 8.45. The van der Waals surface area contributed by atoms with Gasteiger partial charge in [0, 0.05) is 6.54 Å². The summed E-state index contributed by atoms with van der Waals surface area (Å²) in [5.41, 5.74) is 1.92. The van der Waals surface area contributed by atoms with Crippen LogP contribution < -0.4 is 5.32 Å². The molecule has 1 aromatic carbocycles. The van der Waals surface area contributed by atoms with Crippen LogP contribution in [0.5, 0.6) is 0 Å². The van der Waals surface area contributed by atoms with Crippen molar-refractivity contribution < 1.29 is 10.2 Å². The molecule has 0 spiro atoms. The first-order valence-corrected chi connectivity index (χ1v) is 6.62. The topological polar surface area (TPSA) is 52.5 Å². The zero-order chi connectivity index (χ0) is 13.6. The second-order valence-electron chi connectivity index (χ2n) is 5.20. The normalized spacial score (nSPS) is 12.1. The Morgan fingerprint density at radius 3 is 2.06 bits per heavy atom. The lowest BCUT2D eigenvalue weighted by atomic mass is 9.97. The van der Waals surface area contributed by atoms with Gasteiger partial charge >= 0.3 is 0 Å². The molecule has 0 aliphatic rings. The van der Waals surface area contributed by atoms with Crippen LogP contribution in [0.1, 0.15) is 44.2 Å². The molecule has 1 rings (SSSR count). The summed E-state index contributed by atoms with van der Waals surface area (Å²) in [4.78, 5) is 0. The van der Waals surface area contributed by atoms with E-state index in [1.165, 1.54) is 11.1 Å². The van der Waals surface area contributed by atoms with Crippen molar-refractivity contribution in [1.29, 1.82) is 0 Å². The maximum atomic E-state index is 9.35. The number of aliphatic hydroxyl groups is 2. The molecule has 3 heteroatoms. The third-order valence-corrected chi connectivity index (χ3v) is 3.60. The van der Waals surface area contributed by atoms with Crippen molar-refractivity contribution in [2.24, 2.45) is 0 Å². The SMILES string of the molecule is CCC(CO)(CO)NCc1ccc(C(C)C)cc1. The molecule has 0 atom stereocenters. The molecule has 0 saturated heterocycles. The largest absolute Gasteiger partial charge is 0.394 e. The average Bonchev–Trinajstić information content (AvgIpc) is 2.41. The van der Waals surface area contributed by atoms with Gasteiger partial charge in [0.05, 0.1) is 18.8 Å². The zero-order valence-corrected chi connectivity index (χ0v) is 11.6. The molecule has 0 radical (unpaired) electrons. The molecule has 0 aliphatic carbocycles. The van der Waals surface area contributed by atoms with Crippen LogP contribution >= 0.6 is 0 Å². The molecule has 0 aromatic heterocycles. The predicted molar refractivity (Wildman–Crippen MR) is 74.6 cm³/mol. The summed E-state index contributed by atoms with van der Waals surface area (Å²) < 4.78 is 0. The average molecular weight is 251 g/mol. The van der Waals surface area contributed by atoms with Gasteiger partial charge in [-0.1, -0.05) is 45.0 Å². The van der Waals surface area contributed by atoms with Crippen LogP contribution in [0.25, 0.3) is 0 Å². The van der Waals surface area contributed by atoms with Gasteiger partial charge in [0.15, 0.2) is 0 Å². The Morgan fingerprint density at radius 2 is 1.67 bits per heavy atom. The third kappa shape index (κ3) is 3.80. The monoisotopic (exact) mass is 251 g/mol. The Hall–Kier alpha value is -0.900. The van der Waals surface area contributed by atoms with Gasteiger partial charge in [0.2, 0.25) is 0 Å². The lowest BCUT2D eigenvalue weighted by Gasteiger charge is -2.30. The van der Waals surface area contributed by atoms with E-state index in [0.29, 0.717) is 18.9 Å². The van der Waals surface area contributed by atoms with E-state index in [2.05, 4.69) is 43.4 Å². The molecule has 3 N–H and O–H groups in total. The molecule has 0 saturated carbocycles. The molecule has 3 nitrogen and oxygen atoms in total. The van der Waals surface area contributed by atoms with Crippen molar-refractivity contribution in [3.8, 4) is 0 Å². The number of rotatable bonds is 7. The van der Waals surface area contributed by atoms with Crippen LogP contribution in [-0.4, -0.2) is 29.0 Å². The summed E-state index contributed by atoms with van der Waals surface area (Å²) in [6.07, 6.45) is 0.698. The van der Waals surface area contributed by atoms with E-state index < -0.39 is 5.54 Å². The maximum absolute atomic E-state index is 9.35. The van der Waals surface area contributed by atoms with E-state index in [1.54, 1.807) is 0 Å². The Morgan fingerprint density at radius 1 is 1.11 bits per heavy atom. The van der Waals surface area contributed by atoms with Crippen molar-refractivity contribution in [2.45, 2.75) is 45.2 Å². The maximum Gasteiger partial charge on any atom is 0.0648 e. The molecule has 18 heavy (non-hydrogen) atoms. The minimum atomic E-state index is -0.573. The van der Waals surface area contributed by atoms with Gasteiger partial charge in [-0.25, -0.2) is 0 Å². The van der Waals surface area contributed by atoms with E-state index >= 15 is 0 Å². The van der Waals surface area contributed by atoms with Crippen LogP contribution in [-0.2, 0) is 6.54 Å². The van der Waals surface area contributed by atoms with Crippen LogP contribution in [0.4, 0.5) is 0 Å². The first-order chi connectivity index (χ1) is 8.56. The highest BCUT2D eigenvalue weighted by molar-refractivity contribution is 5.24. The van der Waals surface area contributed by atoms with Crippen molar-refractivity contribution >= 4 is 0 Å². The third-order valence-electron chi connectivity index (χ3n) is 3.60. The summed E-state index contributed by atoms with van der Waals surface area (Å²) in [7, 11) is 0. The molecular formula is C15H25NO2. The summed E-state index contributed by atoms with van der Waals surface area (Å²) in [5, 5.41) is 21.9. The second kappa shape index (κ2) is 6.88. The Labute approximate surface area is 110 Å². The second-order valence-corrected chi connectivity index (χ2v) is 5.20. The van der Waals surface area contributed by atoms with Gasteiger partial charge in [-0.05, 0) is 23.5 Å². The summed E-state index contributed by atoms with van der Waals surface area (Å²) in [6.45, 7) is 6.86. The van der Waals surface area contributed by atoms with Crippen molar-refractivity contribution in [1.82, 2.24) is 5.32 Å². The van der Waals surface area contributed by atoms with E-state index in [1.807, 2.05) is 6.92 Å². The van der Waals surface area contributed by atoms with Crippen LogP contribution in [0, 0.1) is 0 Å². The highest BCUT2D eigenvalue weighted by Gasteiger charge is 2.25. The predicted octanol–water partition coefficient (Wildman–Crippen LogP) is 2.03. The molecule has 0 amide bonds. The smallest absolute Gasteiger partial charge is 0.0648 e. The van der Waals surface area contributed by atoms with Crippen molar-refractivity contribution in [3.05, 3.63) is 35.4 Å². The fraction of sp³-hybridized carbons (Fsp3) is 0.600. The summed E-state index contributed by atoms with van der Waals surface area (Å²) in [5.74, 6) is 0.539. The van der Waals surface area contributed by atoms with Gasteiger partial charge in [0.25, 0.3) is 0 Å². The minimum Gasteiger partial charge on any atom is -0.394 e. The standard InChI is InChI=1S/C15H25NO2/c1-4-15(10-17,11-18)16-9-13-5-7-14(8-6-13)12(2)3/h5-8,12,16-18H,4,9-11H2,1-3H3. The number of hydrogen-bond acceptors (Lipinski definition) is 3. The van der Waals surface area contributed by atoms with Crippen molar-refractivity contribution in [3.63, 3.8) is 0 Å². The van der Waals surface area contributed by atoms with Crippen LogP contribution in [0.2, 0.25) is 0 Å². The van der Waals surface area contributed by atoms with E-state index in [4.69, 9.17) is 0 Å².